The molecule has 0 saturated heterocycles. The van der Waals surface area contributed by atoms with Gasteiger partial charge in [0.15, 0.2) is 0 Å². The molecule has 0 bridgehead atoms. The molecule has 0 aromatic carbocycles. The van der Waals surface area contributed by atoms with Gasteiger partial charge in [-0.25, -0.2) is 0 Å². The lowest BCUT2D eigenvalue weighted by molar-refractivity contribution is 0.266. The van der Waals surface area contributed by atoms with Gasteiger partial charge in [0, 0.05) is 6.61 Å². The second kappa shape index (κ2) is 4.51. The number of hydrogen-bond acceptors (Lipinski definition) is 1. The molecular formula is C9H16O. The van der Waals surface area contributed by atoms with Gasteiger partial charge in [-0.1, -0.05) is 18.6 Å². The molecule has 0 radical (unpaired) electrons. The van der Waals surface area contributed by atoms with Crippen LogP contribution in [0.1, 0.15) is 32.1 Å². The highest BCUT2D eigenvalue weighted by Crippen LogP contribution is 2.18. The molecule has 1 nitrogen and oxygen atoms in total. The second-order valence-electron chi connectivity index (χ2n) is 2.98. The van der Waals surface area contributed by atoms with Crippen molar-refractivity contribution in [3.63, 3.8) is 0 Å². The molecule has 10 heavy (non-hydrogen) atoms. The van der Waals surface area contributed by atoms with Crippen LogP contribution in [0.25, 0.3) is 0 Å². The van der Waals surface area contributed by atoms with E-state index in [1.54, 1.807) is 0 Å². The molecule has 1 rings (SSSR count). The van der Waals surface area contributed by atoms with Gasteiger partial charge < -0.3 is 5.11 Å². The van der Waals surface area contributed by atoms with Crippen molar-refractivity contribution >= 4 is 0 Å². The first kappa shape index (κ1) is 7.80. The summed E-state index contributed by atoms with van der Waals surface area (Å²) >= 11 is 0. The van der Waals surface area contributed by atoms with Crippen molar-refractivity contribution in [3.8, 4) is 0 Å². The monoisotopic (exact) mass is 140 g/mol. The van der Waals surface area contributed by atoms with Crippen LogP contribution in [0.3, 0.4) is 0 Å². The molecule has 0 fully saturated rings. The first-order chi connectivity index (χ1) is 4.93. The van der Waals surface area contributed by atoms with Crippen LogP contribution in [0.4, 0.5) is 0 Å². The summed E-state index contributed by atoms with van der Waals surface area (Å²) in [6.45, 7) is 0.342. The molecular weight excluding hydrogens is 124 g/mol. The Morgan fingerprint density at radius 3 is 3.10 bits per heavy atom. The molecule has 1 N–H and O–H groups in total. The highest BCUT2D eigenvalue weighted by atomic mass is 16.3. The van der Waals surface area contributed by atoms with E-state index in [0.717, 1.165) is 6.42 Å². The molecule has 1 aliphatic rings. The van der Waals surface area contributed by atoms with E-state index in [2.05, 4.69) is 12.2 Å². The largest absolute Gasteiger partial charge is 0.396 e. The highest BCUT2D eigenvalue weighted by Gasteiger charge is 2.05. The predicted octanol–water partition coefficient (Wildman–Crippen LogP) is 2.12. The number of allylic oxidation sites excluding steroid dienone is 2. The van der Waals surface area contributed by atoms with E-state index in [-0.39, 0.29) is 0 Å². The summed E-state index contributed by atoms with van der Waals surface area (Å²) in [5, 5.41) is 8.68. The van der Waals surface area contributed by atoms with Crippen molar-refractivity contribution in [1.29, 1.82) is 0 Å². The normalized spacial score (nSPS) is 26.3. The van der Waals surface area contributed by atoms with Crippen molar-refractivity contribution in [2.45, 2.75) is 32.1 Å². The summed E-state index contributed by atoms with van der Waals surface area (Å²) in [6, 6.07) is 0. The maximum Gasteiger partial charge on any atom is 0.0436 e. The summed E-state index contributed by atoms with van der Waals surface area (Å²) in [7, 11) is 0. The van der Waals surface area contributed by atoms with Crippen LogP contribution in [0.2, 0.25) is 0 Å². The maximum atomic E-state index is 8.68. The molecule has 1 atom stereocenters. The van der Waals surface area contributed by atoms with Crippen LogP contribution in [0, 0.1) is 5.92 Å². The maximum absolute atomic E-state index is 8.68. The van der Waals surface area contributed by atoms with Crippen LogP contribution in [0.15, 0.2) is 12.2 Å². The van der Waals surface area contributed by atoms with Gasteiger partial charge in [0.25, 0.3) is 0 Å². The molecule has 58 valence electrons. The quantitative estimate of drug-likeness (QED) is 0.582. The highest BCUT2D eigenvalue weighted by molar-refractivity contribution is 4.90. The Bertz CT molecular complexity index is 107. The molecule has 0 unspecified atom stereocenters. The smallest absolute Gasteiger partial charge is 0.0436 e. The number of aliphatic hydroxyl groups is 1. The van der Waals surface area contributed by atoms with E-state index in [0.29, 0.717) is 12.5 Å². The lowest BCUT2D eigenvalue weighted by Crippen LogP contribution is -1.97. The minimum absolute atomic E-state index is 0.342. The lowest BCUT2D eigenvalue weighted by atomic mass is 10.0. The third kappa shape index (κ3) is 2.53. The van der Waals surface area contributed by atoms with Crippen LogP contribution >= 0.6 is 0 Å². The average Bonchev–Trinajstić information content (AvgIpc) is 2.17. The van der Waals surface area contributed by atoms with Gasteiger partial charge in [-0.15, -0.1) is 0 Å². The summed E-state index contributed by atoms with van der Waals surface area (Å²) in [5.41, 5.74) is 0. The third-order valence-corrected chi connectivity index (χ3v) is 2.10. The first-order valence-corrected chi connectivity index (χ1v) is 4.21. The SMILES string of the molecule is OCC[C@H]1C=CCCCC1. The fourth-order valence-corrected chi connectivity index (χ4v) is 1.46. The zero-order valence-electron chi connectivity index (χ0n) is 6.42. The summed E-state index contributed by atoms with van der Waals surface area (Å²) in [6.07, 6.45) is 10.7. The van der Waals surface area contributed by atoms with Gasteiger partial charge >= 0.3 is 0 Å². The van der Waals surface area contributed by atoms with Crippen LogP contribution in [0.5, 0.6) is 0 Å². The second-order valence-corrected chi connectivity index (χ2v) is 2.98. The molecule has 0 spiro atoms. The Morgan fingerprint density at radius 1 is 1.40 bits per heavy atom. The standard InChI is InChI=1S/C9H16O/c10-8-7-9-5-3-1-2-4-6-9/h3,5,9-10H,1-2,4,6-8H2/t9-/m0/s1. The summed E-state index contributed by atoms with van der Waals surface area (Å²) in [4.78, 5) is 0. The number of aliphatic hydroxyl groups excluding tert-OH is 1. The fourth-order valence-electron chi connectivity index (χ4n) is 1.46. The van der Waals surface area contributed by atoms with E-state index in [4.69, 9.17) is 5.11 Å². The van der Waals surface area contributed by atoms with E-state index < -0.39 is 0 Å². The van der Waals surface area contributed by atoms with Gasteiger partial charge in [0.05, 0.1) is 0 Å². The van der Waals surface area contributed by atoms with Crippen molar-refractivity contribution in [2.24, 2.45) is 5.92 Å². The Morgan fingerprint density at radius 2 is 2.30 bits per heavy atom. The zero-order chi connectivity index (χ0) is 7.23. The lowest BCUT2D eigenvalue weighted by Gasteiger charge is -2.06. The Labute approximate surface area is 62.8 Å². The van der Waals surface area contributed by atoms with Gasteiger partial charge in [-0.3, -0.25) is 0 Å². The van der Waals surface area contributed by atoms with E-state index in [1.807, 2.05) is 0 Å². The topological polar surface area (TPSA) is 20.2 Å². The zero-order valence-corrected chi connectivity index (χ0v) is 6.42. The number of rotatable bonds is 2. The molecule has 1 aliphatic carbocycles. The van der Waals surface area contributed by atoms with E-state index in [9.17, 15) is 0 Å². The molecule has 0 saturated carbocycles. The van der Waals surface area contributed by atoms with E-state index in [1.165, 1.54) is 25.7 Å². The molecule has 0 aliphatic heterocycles. The first-order valence-electron chi connectivity index (χ1n) is 4.21. The summed E-state index contributed by atoms with van der Waals surface area (Å²) in [5.74, 6) is 0.660. The van der Waals surface area contributed by atoms with Crippen molar-refractivity contribution in [2.75, 3.05) is 6.61 Å². The van der Waals surface area contributed by atoms with Crippen molar-refractivity contribution in [1.82, 2.24) is 0 Å². The Kier molecular flexibility index (Phi) is 3.52. The fraction of sp³-hybridized carbons (Fsp3) is 0.778. The molecule has 0 amide bonds. The minimum atomic E-state index is 0.342. The van der Waals surface area contributed by atoms with E-state index >= 15 is 0 Å². The van der Waals surface area contributed by atoms with Crippen LogP contribution < -0.4 is 0 Å². The van der Waals surface area contributed by atoms with Crippen LogP contribution in [-0.2, 0) is 0 Å². The van der Waals surface area contributed by atoms with Gasteiger partial charge in [-0.05, 0) is 31.6 Å². The molecule has 0 aromatic rings. The third-order valence-electron chi connectivity index (χ3n) is 2.10. The van der Waals surface area contributed by atoms with Crippen molar-refractivity contribution < 1.29 is 5.11 Å². The molecule has 0 aromatic heterocycles. The van der Waals surface area contributed by atoms with Crippen LogP contribution in [-0.4, -0.2) is 11.7 Å². The van der Waals surface area contributed by atoms with Gasteiger partial charge in [-0.2, -0.15) is 0 Å². The Hall–Kier alpha value is -0.300. The molecule has 0 heterocycles. The van der Waals surface area contributed by atoms with Gasteiger partial charge in [0.2, 0.25) is 0 Å². The summed E-state index contributed by atoms with van der Waals surface area (Å²) < 4.78 is 0. The number of hydrogen-bond donors (Lipinski definition) is 1. The average molecular weight is 140 g/mol. The van der Waals surface area contributed by atoms with Crippen molar-refractivity contribution in [3.05, 3.63) is 12.2 Å². The minimum Gasteiger partial charge on any atom is -0.396 e. The predicted molar refractivity (Wildman–Crippen MR) is 42.8 cm³/mol. The Balaban J connectivity index is 2.27. The van der Waals surface area contributed by atoms with Gasteiger partial charge in [0.1, 0.15) is 0 Å². The molecule has 1 heteroatoms.